The molecule has 0 aliphatic carbocycles. The van der Waals surface area contributed by atoms with Crippen molar-refractivity contribution in [3.05, 3.63) is 35.9 Å². The Morgan fingerprint density at radius 1 is 1.00 bits per heavy atom. The van der Waals surface area contributed by atoms with Crippen LogP contribution in [0.25, 0.3) is 0 Å². The van der Waals surface area contributed by atoms with Crippen LogP contribution in [0.2, 0.25) is 0 Å². The highest BCUT2D eigenvalue weighted by molar-refractivity contribution is 5.89. The van der Waals surface area contributed by atoms with Gasteiger partial charge in [-0.1, -0.05) is 30.3 Å². The third-order valence-electron chi connectivity index (χ3n) is 7.12. The summed E-state index contributed by atoms with van der Waals surface area (Å²) in [5.74, 6) is 0.106. The molecule has 3 aliphatic heterocycles. The number of carbonyl (C=O) groups is 2. The maximum Gasteiger partial charge on any atom is 0.242 e. The highest BCUT2D eigenvalue weighted by Gasteiger charge is 2.33. The number of piperidine rings is 2. The second-order valence-corrected chi connectivity index (χ2v) is 9.11. The topological polar surface area (TPSA) is 64.7 Å². The molecule has 0 bridgehead atoms. The minimum absolute atomic E-state index is 0.0312. The number of carbonyl (C=O) groups excluding carboxylic acids is 2. The molecule has 3 fully saturated rings. The predicted octanol–water partition coefficient (Wildman–Crippen LogP) is 1.80. The number of rotatable bonds is 7. The first-order valence-corrected chi connectivity index (χ1v) is 11.8. The van der Waals surface area contributed by atoms with E-state index >= 15 is 0 Å². The predicted molar refractivity (Wildman–Crippen MR) is 118 cm³/mol. The summed E-state index contributed by atoms with van der Waals surface area (Å²) in [6, 6.07) is 11.1. The van der Waals surface area contributed by atoms with E-state index in [-0.39, 0.29) is 23.8 Å². The number of aryl methyl sites for hydroxylation is 1. The van der Waals surface area contributed by atoms with E-state index in [2.05, 4.69) is 50.8 Å². The fraction of sp³-hybridized carbons (Fsp3) is 0.667. The third kappa shape index (κ3) is 5.61. The average molecular weight is 413 g/mol. The Morgan fingerprint density at radius 2 is 1.73 bits per heavy atom. The third-order valence-corrected chi connectivity index (χ3v) is 7.12. The average Bonchev–Trinajstić information content (AvgIpc) is 3.19. The van der Waals surface area contributed by atoms with Crippen molar-refractivity contribution < 1.29 is 9.59 Å². The van der Waals surface area contributed by atoms with Gasteiger partial charge in [-0.25, -0.2) is 0 Å². The van der Waals surface area contributed by atoms with Crippen LogP contribution >= 0.6 is 0 Å². The molecule has 3 heterocycles. The first-order valence-electron chi connectivity index (χ1n) is 11.8. The monoisotopic (exact) mass is 412 g/mol. The van der Waals surface area contributed by atoms with Crippen molar-refractivity contribution in [2.45, 2.75) is 57.0 Å². The lowest BCUT2D eigenvalue weighted by Gasteiger charge is -2.41. The van der Waals surface area contributed by atoms with Crippen molar-refractivity contribution in [3.8, 4) is 0 Å². The van der Waals surface area contributed by atoms with Gasteiger partial charge in [-0.3, -0.25) is 9.59 Å². The number of hydrogen-bond acceptors (Lipinski definition) is 4. The molecule has 164 valence electrons. The zero-order valence-corrected chi connectivity index (χ0v) is 18.0. The van der Waals surface area contributed by atoms with Gasteiger partial charge in [0, 0.05) is 18.5 Å². The van der Waals surface area contributed by atoms with Crippen molar-refractivity contribution in [3.63, 3.8) is 0 Å². The van der Waals surface area contributed by atoms with Crippen LogP contribution in [-0.4, -0.2) is 73.0 Å². The fourth-order valence-corrected chi connectivity index (χ4v) is 5.21. The molecule has 30 heavy (non-hydrogen) atoms. The maximum atomic E-state index is 12.5. The van der Waals surface area contributed by atoms with Crippen molar-refractivity contribution in [1.82, 2.24) is 20.4 Å². The number of nitrogens with one attached hydrogen (secondary N) is 2. The summed E-state index contributed by atoms with van der Waals surface area (Å²) in [5.41, 5.74) is 1.44. The summed E-state index contributed by atoms with van der Waals surface area (Å²) in [4.78, 5) is 29.4. The van der Waals surface area contributed by atoms with Gasteiger partial charge in [-0.2, -0.15) is 0 Å². The van der Waals surface area contributed by atoms with Crippen LogP contribution in [0, 0.1) is 5.92 Å². The van der Waals surface area contributed by atoms with Gasteiger partial charge in [0.05, 0.1) is 0 Å². The van der Waals surface area contributed by atoms with Crippen LogP contribution in [0.3, 0.4) is 0 Å². The van der Waals surface area contributed by atoms with Gasteiger partial charge in [0.15, 0.2) is 0 Å². The summed E-state index contributed by atoms with van der Waals surface area (Å²) >= 11 is 0. The highest BCUT2D eigenvalue weighted by atomic mass is 16.2. The van der Waals surface area contributed by atoms with Gasteiger partial charge >= 0.3 is 0 Å². The van der Waals surface area contributed by atoms with E-state index in [1.165, 1.54) is 50.9 Å². The van der Waals surface area contributed by atoms with Gasteiger partial charge in [-0.15, -0.1) is 0 Å². The van der Waals surface area contributed by atoms with E-state index in [1.807, 2.05) is 0 Å². The summed E-state index contributed by atoms with van der Waals surface area (Å²) in [7, 11) is 0. The molecule has 4 rings (SSSR count). The lowest BCUT2D eigenvalue weighted by Crippen LogP contribution is -2.50. The van der Waals surface area contributed by atoms with Crippen LogP contribution in [0.15, 0.2) is 30.3 Å². The molecule has 2 amide bonds. The van der Waals surface area contributed by atoms with Crippen LogP contribution in [0.5, 0.6) is 0 Å². The molecule has 0 unspecified atom stereocenters. The fourth-order valence-electron chi connectivity index (χ4n) is 5.21. The van der Waals surface area contributed by atoms with Crippen molar-refractivity contribution in [1.29, 1.82) is 0 Å². The van der Waals surface area contributed by atoms with E-state index in [0.717, 1.165) is 25.9 Å². The Balaban J connectivity index is 1.12. The van der Waals surface area contributed by atoms with Gasteiger partial charge in [0.2, 0.25) is 11.8 Å². The van der Waals surface area contributed by atoms with Gasteiger partial charge in [0.25, 0.3) is 0 Å². The SMILES string of the molecule is O=C(N[C@H]1CCNC1=O)C1CCN(C2CCN(CCCc3ccccc3)CC2)CC1. The first-order chi connectivity index (χ1) is 14.7. The Bertz CT molecular complexity index is 694. The Labute approximate surface area is 180 Å². The van der Waals surface area contributed by atoms with Gasteiger partial charge in [-0.05, 0) is 83.2 Å². The quantitative estimate of drug-likeness (QED) is 0.717. The number of benzene rings is 1. The lowest BCUT2D eigenvalue weighted by atomic mass is 9.92. The Morgan fingerprint density at radius 3 is 2.40 bits per heavy atom. The number of nitrogens with zero attached hydrogens (tertiary/aromatic N) is 2. The van der Waals surface area contributed by atoms with Gasteiger partial charge in [0.1, 0.15) is 6.04 Å². The minimum Gasteiger partial charge on any atom is -0.354 e. The van der Waals surface area contributed by atoms with E-state index in [1.54, 1.807) is 0 Å². The highest BCUT2D eigenvalue weighted by Crippen LogP contribution is 2.24. The molecule has 0 spiro atoms. The number of hydrogen-bond donors (Lipinski definition) is 2. The number of likely N-dealkylation sites (tertiary alicyclic amines) is 2. The van der Waals surface area contributed by atoms with Crippen LogP contribution in [0.4, 0.5) is 0 Å². The zero-order chi connectivity index (χ0) is 20.8. The first kappa shape index (κ1) is 21.3. The number of amides is 2. The molecule has 6 nitrogen and oxygen atoms in total. The Kier molecular flexibility index (Phi) is 7.39. The van der Waals surface area contributed by atoms with Crippen molar-refractivity contribution in [2.75, 3.05) is 39.3 Å². The second-order valence-electron chi connectivity index (χ2n) is 9.11. The molecule has 0 aromatic heterocycles. The van der Waals surface area contributed by atoms with E-state index in [9.17, 15) is 9.59 Å². The van der Waals surface area contributed by atoms with Crippen LogP contribution < -0.4 is 10.6 Å². The second kappa shape index (κ2) is 10.4. The van der Waals surface area contributed by atoms with E-state index in [0.29, 0.717) is 19.0 Å². The summed E-state index contributed by atoms with van der Waals surface area (Å²) in [6.45, 7) is 6.26. The molecule has 1 aromatic rings. The van der Waals surface area contributed by atoms with Crippen LogP contribution in [0.1, 0.15) is 44.1 Å². The largest absolute Gasteiger partial charge is 0.354 e. The smallest absolute Gasteiger partial charge is 0.242 e. The maximum absolute atomic E-state index is 12.5. The van der Waals surface area contributed by atoms with Gasteiger partial charge < -0.3 is 20.4 Å². The standard InChI is InChI=1S/C24H36N4O2/c29-23(26-22-8-13-25-24(22)30)20-9-17-28(18-10-20)21-11-15-27(16-12-21)14-4-7-19-5-2-1-3-6-19/h1-3,5-6,20-22H,4,7-18H2,(H,25,30)(H,26,29)/t22-/m0/s1. The zero-order valence-electron chi connectivity index (χ0n) is 18.0. The van der Waals surface area contributed by atoms with Crippen molar-refractivity contribution >= 4 is 11.8 Å². The minimum atomic E-state index is -0.318. The molecular formula is C24H36N4O2. The molecular weight excluding hydrogens is 376 g/mol. The molecule has 3 aliphatic rings. The van der Waals surface area contributed by atoms with Crippen LogP contribution in [-0.2, 0) is 16.0 Å². The van der Waals surface area contributed by atoms with E-state index in [4.69, 9.17) is 0 Å². The molecule has 1 atom stereocenters. The Hall–Kier alpha value is -1.92. The molecule has 2 N–H and O–H groups in total. The normalized spacial score (nSPS) is 24.7. The summed E-state index contributed by atoms with van der Waals surface area (Å²) in [6.07, 6.45) is 7.42. The summed E-state index contributed by atoms with van der Waals surface area (Å²) in [5, 5.41) is 5.74. The molecule has 0 radical (unpaired) electrons. The van der Waals surface area contributed by atoms with E-state index < -0.39 is 0 Å². The van der Waals surface area contributed by atoms with Crippen molar-refractivity contribution in [2.24, 2.45) is 5.92 Å². The molecule has 0 saturated carbocycles. The molecule has 6 heteroatoms. The lowest BCUT2D eigenvalue weighted by molar-refractivity contribution is -0.131. The molecule has 1 aromatic carbocycles. The molecule has 3 saturated heterocycles. The summed E-state index contributed by atoms with van der Waals surface area (Å²) < 4.78 is 0.